The van der Waals surface area contributed by atoms with Crippen LogP contribution in [0.5, 0.6) is 0 Å². The van der Waals surface area contributed by atoms with Crippen LogP contribution in [0.1, 0.15) is 15.2 Å². The zero-order chi connectivity index (χ0) is 17.6. The molecule has 0 fully saturated rings. The number of anilines is 1. The van der Waals surface area contributed by atoms with Crippen molar-refractivity contribution in [3.05, 3.63) is 71.1 Å². The molecule has 3 N–H and O–H groups in total. The van der Waals surface area contributed by atoms with Crippen molar-refractivity contribution in [1.29, 1.82) is 0 Å². The van der Waals surface area contributed by atoms with Crippen LogP contribution in [0, 0.1) is 0 Å². The fraction of sp³-hybridized carbons (Fsp3) is 0.0556. The zero-order valence-corrected chi connectivity index (χ0v) is 13.9. The summed E-state index contributed by atoms with van der Waals surface area (Å²) in [4.78, 5) is 28.6. The van der Waals surface area contributed by atoms with E-state index in [1.165, 1.54) is 0 Å². The molecule has 2 aromatic carbocycles. The number of hydroxylamine groups is 1. The van der Waals surface area contributed by atoms with E-state index in [9.17, 15) is 9.59 Å². The summed E-state index contributed by atoms with van der Waals surface area (Å²) < 4.78 is 0. The van der Waals surface area contributed by atoms with Gasteiger partial charge in [-0.25, -0.2) is 10.5 Å². The second kappa shape index (κ2) is 7.69. The minimum absolute atomic E-state index is 0.211. The standard InChI is InChI=1S/C18H15N3O3S/c22-14(11-12-7-3-1-4-8-12)19-18-20-15(13-9-5-2-6-10-13)16(25-18)17(23)21-24/h1-10,24H,11H2,(H,21,23)(H,19,20,22). The highest BCUT2D eigenvalue weighted by Crippen LogP contribution is 2.31. The maximum atomic E-state index is 12.2. The summed E-state index contributed by atoms with van der Waals surface area (Å²) in [7, 11) is 0. The van der Waals surface area contributed by atoms with Crippen molar-refractivity contribution in [2.24, 2.45) is 0 Å². The number of rotatable bonds is 5. The molecule has 0 bridgehead atoms. The summed E-state index contributed by atoms with van der Waals surface area (Å²) >= 11 is 1.01. The van der Waals surface area contributed by atoms with Crippen LogP contribution < -0.4 is 10.8 Å². The van der Waals surface area contributed by atoms with Crippen molar-refractivity contribution < 1.29 is 14.8 Å². The molecule has 3 aromatic rings. The number of hydrogen-bond donors (Lipinski definition) is 3. The molecule has 0 aliphatic heterocycles. The van der Waals surface area contributed by atoms with Gasteiger partial charge in [0.05, 0.1) is 12.1 Å². The first-order chi connectivity index (χ1) is 12.2. The Bertz CT molecular complexity index is 879. The Kier molecular flexibility index (Phi) is 5.17. The Morgan fingerprint density at radius 3 is 2.28 bits per heavy atom. The number of aromatic nitrogens is 1. The molecule has 0 aliphatic carbocycles. The van der Waals surface area contributed by atoms with E-state index in [-0.39, 0.29) is 17.2 Å². The lowest BCUT2D eigenvalue weighted by Crippen LogP contribution is -2.18. The van der Waals surface area contributed by atoms with Gasteiger partial charge in [0.15, 0.2) is 5.13 Å². The van der Waals surface area contributed by atoms with Gasteiger partial charge < -0.3 is 5.32 Å². The summed E-state index contributed by atoms with van der Waals surface area (Å²) in [6, 6.07) is 18.4. The van der Waals surface area contributed by atoms with Crippen molar-refractivity contribution >= 4 is 28.3 Å². The normalized spacial score (nSPS) is 10.3. The first-order valence-electron chi connectivity index (χ1n) is 7.52. The van der Waals surface area contributed by atoms with Crippen LogP contribution in [0.25, 0.3) is 11.3 Å². The molecule has 25 heavy (non-hydrogen) atoms. The molecule has 7 heteroatoms. The monoisotopic (exact) mass is 353 g/mol. The summed E-state index contributed by atoms with van der Waals surface area (Å²) in [5.74, 6) is -0.893. The molecule has 0 saturated carbocycles. The van der Waals surface area contributed by atoms with Crippen molar-refractivity contribution in [3.8, 4) is 11.3 Å². The van der Waals surface area contributed by atoms with E-state index < -0.39 is 5.91 Å². The predicted molar refractivity (Wildman–Crippen MR) is 95.6 cm³/mol. The van der Waals surface area contributed by atoms with Crippen molar-refractivity contribution in [1.82, 2.24) is 10.5 Å². The van der Waals surface area contributed by atoms with Crippen LogP contribution in [0.4, 0.5) is 5.13 Å². The van der Waals surface area contributed by atoms with E-state index in [1.54, 1.807) is 17.6 Å². The van der Waals surface area contributed by atoms with E-state index in [2.05, 4.69) is 10.3 Å². The molecule has 0 radical (unpaired) electrons. The van der Waals surface area contributed by atoms with Gasteiger partial charge in [-0.15, -0.1) is 0 Å². The maximum Gasteiger partial charge on any atom is 0.287 e. The third-order valence-corrected chi connectivity index (χ3v) is 4.41. The summed E-state index contributed by atoms with van der Waals surface area (Å²) in [5, 5.41) is 11.9. The highest BCUT2D eigenvalue weighted by atomic mass is 32.1. The van der Waals surface area contributed by atoms with Gasteiger partial charge in [0.25, 0.3) is 5.91 Å². The molecule has 0 spiro atoms. The van der Waals surface area contributed by atoms with E-state index >= 15 is 0 Å². The number of nitrogens with one attached hydrogen (secondary N) is 2. The minimum Gasteiger partial charge on any atom is -0.302 e. The number of carbonyl (C=O) groups excluding carboxylic acids is 2. The lowest BCUT2D eigenvalue weighted by Gasteiger charge is -2.01. The molecule has 126 valence electrons. The molecule has 0 unspecified atom stereocenters. The first kappa shape index (κ1) is 16.8. The zero-order valence-electron chi connectivity index (χ0n) is 13.1. The third kappa shape index (κ3) is 4.09. The number of hydrogen-bond acceptors (Lipinski definition) is 5. The Balaban J connectivity index is 1.84. The lowest BCUT2D eigenvalue weighted by atomic mass is 10.1. The van der Waals surface area contributed by atoms with E-state index in [1.807, 2.05) is 48.5 Å². The summed E-state index contributed by atoms with van der Waals surface area (Å²) in [5.41, 5.74) is 3.63. The molecule has 6 nitrogen and oxygen atoms in total. The predicted octanol–water partition coefficient (Wildman–Crippen LogP) is 3.11. The largest absolute Gasteiger partial charge is 0.302 e. The average Bonchev–Trinajstić information content (AvgIpc) is 3.06. The van der Waals surface area contributed by atoms with Gasteiger partial charge in [0.2, 0.25) is 5.91 Å². The van der Waals surface area contributed by atoms with Crippen LogP contribution in [0.3, 0.4) is 0 Å². The van der Waals surface area contributed by atoms with Crippen molar-refractivity contribution in [2.45, 2.75) is 6.42 Å². The molecule has 3 rings (SSSR count). The van der Waals surface area contributed by atoms with E-state index in [0.29, 0.717) is 10.8 Å². The van der Waals surface area contributed by atoms with Crippen molar-refractivity contribution in [3.63, 3.8) is 0 Å². The molecule has 0 aliphatic rings. The fourth-order valence-electron chi connectivity index (χ4n) is 2.31. The number of carbonyl (C=O) groups is 2. The van der Waals surface area contributed by atoms with Gasteiger partial charge >= 0.3 is 0 Å². The first-order valence-corrected chi connectivity index (χ1v) is 8.33. The molecule has 1 heterocycles. The van der Waals surface area contributed by atoms with E-state index in [4.69, 9.17) is 5.21 Å². The van der Waals surface area contributed by atoms with Crippen LogP contribution in [0.2, 0.25) is 0 Å². The minimum atomic E-state index is -0.667. The van der Waals surface area contributed by atoms with Crippen LogP contribution in [-0.4, -0.2) is 22.0 Å². The SMILES string of the molecule is O=C(Cc1ccccc1)Nc1nc(-c2ccccc2)c(C(=O)NO)s1. The summed E-state index contributed by atoms with van der Waals surface area (Å²) in [6.45, 7) is 0. The van der Waals surface area contributed by atoms with Gasteiger partial charge in [-0.2, -0.15) is 0 Å². The second-order valence-corrected chi connectivity index (χ2v) is 6.21. The van der Waals surface area contributed by atoms with Crippen molar-refractivity contribution in [2.75, 3.05) is 5.32 Å². The summed E-state index contributed by atoms with van der Waals surface area (Å²) in [6.07, 6.45) is 0.211. The Labute approximate surface area is 148 Å². The van der Waals surface area contributed by atoms with Gasteiger partial charge in [-0.05, 0) is 5.56 Å². The van der Waals surface area contributed by atoms with Crippen LogP contribution in [-0.2, 0) is 11.2 Å². The highest BCUT2D eigenvalue weighted by molar-refractivity contribution is 7.18. The topological polar surface area (TPSA) is 91.3 Å². The second-order valence-electron chi connectivity index (χ2n) is 5.21. The Hall–Kier alpha value is -3.03. The molecule has 0 atom stereocenters. The molecule has 2 amide bonds. The fourth-order valence-corrected chi connectivity index (χ4v) is 3.21. The van der Waals surface area contributed by atoms with E-state index in [0.717, 1.165) is 22.5 Å². The number of benzene rings is 2. The molecular weight excluding hydrogens is 338 g/mol. The smallest absolute Gasteiger partial charge is 0.287 e. The number of thiazole rings is 1. The average molecular weight is 353 g/mol. The highest BCUT2D eigenvalue weighted by Gasteiger charge is 2.20. The number of amides is 2. The van der Waals surface area contributed by atoms with Crippen LogP contribution >= 0.6 is 11.3 Å². The third-order valence-electron chi connectivity index (χ3n) is 3.44. The van der Waals surface area contributed by atoms with Gasteiger partial charge in [0.1, 0.15) is 4.88 Å². The van der Waals surface area contributed by atoms with Gasteiger partial charge in [-0.1, -0.05) is 72.0 Å². The van der Waals surface area contributed by atoms with Gasteiger partial charge in [0, 0.05) is 5.56 Å². The Morgan fingerprint density at radius 2 is 1.64 bits per heavy atom. The maximum absolute atomic E-state index is 12.2. The lowest BCUT2D eigenvalue weighted by molar-refractivity contribution is -0.115. The molecule has 0 saturated heterocycles. The van der Waals surface area contributed by atoms with Crippen LogP contribution in [0.15, 0.2) is 60.7 Å². The molecular formula is C18H15N3O3S. The number of nitrogens with zero attached hydrogens (tertiary/aromatic N) is 1. The quantitative estimate of drug-likeness (QED) is 0.485. The molecule has 1 aromatic heterocycles. The van der Waals surface area contributed by atoms with Gasteiger partial charge in [-0.3, -0.25) is 14.8 Å². The Morgan fingerprint density at radius 1 is 1.00 bits per heavy atom.